The zero-order valence-electron chi connectivity index (χ0n) is 18.3. The molecule has 0 unspecified atom stereocenters. The first-order valence-electron chi connectivity index (χ1n) is 9.64. The summed E-state index contributed by atoms with van der Waals surface area (Å²) in [5.41, 5.74) is 6.46. The first-order valence-corrected chi connectivity index (χ1v) is 11.7. The second-order valence-electron chi connectivity index (χ2n) is 6.52. The van der Waals surface area contributed by atoms with E-state index in [1.54, 1.807) is 17.8 Å². The lowest BCUT2D eigenvalue weighted by Gasteiger charge is -2.08. The van der Waals surface area contributed by atoms with Crippen LogP contribution < -0.4 is 11.1 Å². The third kappa shape index (κ3) is 7.74. The van der Waals surface area contributed by atoms with Gasteiger partial charge in [0.1, 0.15) is 11.6 Å². The highest BCUT2D eigenvalue weighted by Gasteiger charge is 2.26. The number of esters is 2. The number of primary amides is 1. The molecule has 2 aromatic rings. The van der Waals surface area contributed by atoms with Gasteiger partial charge in [-0.1, -0.05) is 12.1 Å². The number of amides is 2. The number of thioether (sulfide) groups is 1. The fourth-order valence-corrected chi connectivity index (χ4v) is 4.07. The fraction of sp³-hybridized carbons (Fsp3) is 0.273. The van der Waals surface area contributed by atoms with E-state index < -0.39 is 30.4 Å². The third-order valence-electron chi connectivity index (χ3n) is 4.22. The molecule has 3 N–H and O–H groups in total. The van der Waals surface area contributed by atoms with E-state index in [9.17, 15) is 19.2 Å². The summed E-state index contributed by atoms with van der Waals surface area (Å²) < 4.78 is 14.9. The van der Waals surface area contributed by atoms with E-state index in [0.717, 1.165) is 21.8 Å². The van der Waals surface area contributed by atoms with Crippen molar-refractivity contribution >= 4 is 57.9 Å². The van der Waals surface area contributed by atoms with Crippen molar-refractivity contribution in [1.82, 2.24) is 0 Å². The first kappa shape index (κ1) is 26.1. The van der Waals surface area contributed by atoms with Crippen LogP contribution in [-0.4, -0.2) is 56.9 Å². The number of benzene rings is 1. The van der Waals surface area contributed by atoms with Crippen molar-refractivity contribution in [1.29, 1.82) is 0 Å². The number of ether oxygens (including phenoxy) is 3. The number of anilines is 1. The second kappa shape index (κ2) is 12.8. The van der Waals surface area contributed by atoms with Gasteiger partial charge in [0.15, 0.2) is 6.61 Å². The standard InChI is InChI=1S/C22H24N2O7S2/c1-13-18(22(28)30-11-10-29-2)21(33-19(13)20(23)27)24-16(25)12-31-17(26)9-6-14-4-7-15(32-3)8-5-14/h4-9H,10-12H2,1-3H3,(H2,23,27)(H,24,25). The van der Waals surface area contributed by atoms with E-state index in [-0.39, 0.29) is 34.2 Å². The van der Waals surface area contributed by atoms with Crippen molar-refractivity contribution in [3.8, 4) is 0 Å². The molecule has 0 fully saturated rings. The highest BCUT2D eigenvalue weighted by molar-refractivity contribution is 7.98. The predicted molar refractivity (Wildman–Crippen MR) is 127 cm³/mol. The van der Waals surface area contributed by atoms with Crippen LogP contribution in [-0.2, 0) is 23.8 Å². The fourth-order valence-electron chi connectivity index (χ4n) is 2.60. The second-order valence-corrected chi connectivity index (χ2v) is 8.42. The Morgan fingerprint density at radius 3 is 2.42 bits per heavy atom. The molecular weight excluding hydrogens is 468 g/mol. The van der Waals surface area contributed by atoms with Gasteiger partial charge in [-0.05, 0) is 42.5 Å². The summed E-state index contributed by atoms with van der Waals surface area (Å²) >= 11 is 2.45. The van der Waals surface area contributed by atoms with E-state index in [1.807, 2.05) is 30.5 Å². The largest absolute Gasteiger partial charge is 0.460 e. The molecule has 0 bridgehead atoms. The Kier molecular flexibility index (Phi) is 10.1. The molecular formula is C22H24N2O7S2. The number of nitrogens with one attached hydrogen (secondary N) is 1. The van der Waals surface area contributed by atoms with Gasteiger partial charge in [0, 0.05) is 18.1 Å². The zero-order chi connectivity index (χ0) is 24.4. The molecule has 0 spiro atoms. The van der Waals surface area contributed by atoms with Crippen molar-refractivity contribution < 1.29 is 33.4 Å². The van der Waals surface area contributed by atoms with Crippen LogP contribution in [0.1, 0.15) is 31.2 Å². The van der Waals surface area contributed by atoms with Gasteiger partial charge in [-0.15, -0.1) is 23.1 Å². The van der Waals surface area contributed by atoms with Crippen LogP contribution >= 0.6 is 23.1 Å². The summed E-state index contributed by atoms with van der Waals surface area (Å²) in [6, 6.07) is 7.55. The van der Waals surface area contributed by atoms with E-state index >= 15 is 0 Å². The summed E-state index contributed by atoms with van der Waals surface area (Å²) in [6.07, 6.45) is 4.74. The smallest absolute Gasteiger partial charge is 0.341 e. The minimum absolute atomic E-state index is 0.00608. The number of carbonyl (C=O) groups excluding carboxylic acids is 4. The maximum absolute atomic E-state index is 12.4. The summed E-state index contributed by atoms with van der Waals surface area (Å²) in [5, 5.41) is 2.55. The normalized spacial score (nSPS) is 10.8. The Balaban J connectivity index is 2.01. The van der Waals surface area contributed by atoms with Crippen LogP contribution in [0.3, 0.4) is 0 Å². The van der Waals surface area contributed by atoms with E-state index in [0.29, 0.717) is 0 Å². The minimum atomic E-state index is -0.744. The van der Waals surface area contributed by atoms with Crippen LogP contribution in [0.15, 0.2) is 35.2 Å². The molecule has 1 aromatic heterocycles. The quantitative estimate of drug-likeness (QED) is 0.212. The molecule has 11 heteroatoms. The number of rotatable bonds is 11. The third-order valence-corrected chi connectivity index (χ3v) is 6.19. The molecule has 9 nitrogen and oxygen atoms in total. The Hall–Kier alpha value is -3.15. The molecule has 176 valence electrons. The van der Waals surface area contributed by atoms with Crippen LogP contribution in [0.25, 0.3) is 6.08 Å². The number of methoxy groups -OCH3 is 1. The van der Waals surface area contributed by atoms with Gasteiger partial charge < -0.3 is 25.3 Å². The molecule has 0 atom stereocenters. The first-order chi connectivity index (χ1) is 15.8. The molecule has 0 aliphatic carbocycles. The van der Waals surface area contributed by atoms with Crippen molar-refractivity contribution in [3.05, 3.63) is 51.9 Å². The molecule has 2 rings (SSSR count). The lowest BCUT2D eigenvalue weighted by molar-refractivity contribution is -0.142. The molecule has 0 aliphatic rings. The van der Waals surface area contributed by atoms with Gasteiger partial charge in [-0.25, -0.2) is 9.59 Å². The van der Waals surface area contributed by atoms with E-state index in [4.69, 9.17) is 19.9 Å². The van der Waals surface area contributed by atoms with Gasteiger partial charge in [0.2, 0.25) is 0 Å². The Morgan fingerprint density at radius 2 is 1.82 bits per heavy atom. The summed E-state index contributed by atoms with van der Waals surface area (Å²) in [7, 11) is 1.46. The molecule has 1 heterocycles. The molecule has 33 heavy (non-hydrogen) atoms. The number of hydrogen-bond donors (Lipinski definition) is 2. The van der Waals surface area contributed by atoms with Gasteiger partial charge >= 0.3 is 11.9 Å². The molecule has 0 radical (unpaired) electrons. The molecule has 0 aliphatic heterocycles. The predicted octanol–water partition coefficient (Wildman–Crippen LogP) is 2.88. The van der Waals surface area contributed by atoms with Crippen molar-refractivity contribution in [2.75, 3.05) is 38.5 Å². The lowest BCUT2D eigenvalue weighted by Crippen LogP contribution is -2.21. The van der Waals surface area contributed by atoms with E-state index in [1.165, 1.54) is 20.1 Å². The van der Waals surface area contributed by atoms with Gasteiger partial charge in [-0.3, -0.25) is 9.59 Å². The highest BCUT2D eigenvalue weighted by Crippen LogP contribution is 2.33. The van der Waals surface area contributed by atoms with Crippen molar-refractivity contribution in [2.24, 2.45) is 5.73 Å². The summed E-state index contributed by atoms with van der Waals surface area (Å²) in [5.74, 6) is -2.88. The average Bonchev–Trinajstić information content (AvgIpc) is 3.12. The van der Waals surface area contributed by atoms with Gasteiger partial charge in [0.05, 0.1) is 17.0 Å². The summed E-state index contributed by atoms with van der Waals surface area (Å²) in [4.78, 5) is 49.5. The van der Waals surface area contributed by atoms with Crippen LogP contribution in [0.5, 0.6) is 0 Å². The maximum Gasteiger partial charge on any atom is 0.341 e. The van der Waals surface area contributed by atoms with Crippen molar-refractivity contribution in [2.45, 2.75) is 11.8 Å². The van der Waals surface area contributed by atoms with Crippen LogP contribution in [0.4, 0.5) is 5.00 Å². The van der Waals surface area contributed by atoms with E-state index in [2.05, 4.69) is 5.32 Å². The van der Waals surface area contributed by atoms with Crippen LogP contribution in [0.2, 0.25) is 0 Å². The Labute approximate surface area is 199 Å². The van der Waals surface area contributed by atoms with Crippen molar-refractivity contribution in [3.63, 3.8) is 0 Å². The summed E-state index contributed by atoms with van der Waals surface area (Å²) in [6.45, 7) is 1.11. The van der Waals surface area contributed by atoms with Gasteiger partial charge in [-0.2, -0.15) is 0 Å². The molecule has 0 saturated heterocycles. The molecule has 0 saturated carbocycles. The number of hydrogen-bond acceptors (Lipinski definition) is 9. The van der Waals surface area contributed by atoms with Gasteiger partial charge in [0.25, 0.3) is 11.8 Å². The highest BCUT2D eigenvalue weighted by atomic mass is 32.2. The van der Waals surface area contributed by atoms with Crippen LogP contribution in [0, 0.1) is 6.92 Å². The maximum atomic E-state index is 12.4. The SMILES string of the molecule is COCCOC(=O)c1c(NC(=O)COC(=O)C=Cc2ccc(SC)cc2)sc(C(N)=O)c1C. The lowest BCUT2D eigenvalue weighted by atomic mass is 10.1. The minimum Gasteiger partial charge on any atom is -0.460 e. The number of thiophene rings is 1. The Bertz CT molecular complexity index is 1050. The average molecular weight is 493 g/mol. The molecule has 2 amide bonds. The molecule has 1 aromatic carbocycles. The Morgan fingerprint density at radius 1 is 1.12 bits per heavy atom. The topological polar surface area (TPSA) is 134 Å². The zero-order valence-corrected chi connectivity index (χ0v) is 20.0. The monoisotopic (exact) mass is 492 g/mol. The number of nitrogens with two attached hydrogens (primary N) is 1. The number of carbonyl (C=O) groups is 4.